The zero-order valence-electron chi connectivity index (χ0n) is 18.7. The fourth-order valence-electron chi connectivity index (χ4n) is 3.53. The Hall–Kier alpha value is -3.24. The van der Waals surface area contributed by atoms with Crippen LogP contribution in [0.2, 0.25) is 5.15 Å². The van der Waals surface area contributed by atoms with Crippen LogP contribution in [0, 0.1) is 5.92 Å². The van der Waals surface area contributed by atoms with E-state index in [9.17, 15) is 21.6 Å². The Balaban J connectivity index is 1.68. The molecule has 3 aromatic carbocycles. The van der Waals surface area contributed by atoms with Gasteiger partial charge >= 0.3 is 6.18 Å². The number of nitrogens with zero attached hydrogens (tertiary/aromatic N) is 1. The molecule has 0 fully saturated rings. The third-order valence-corrected chi connectivity index (χ3v) is 6.90. The second kappa shape index (κ2) is 9.43. The van der Waals surface area contributed by atoms with Gasteiger partial charge in [-0.3, -0.25) is 9.82 Å². The van der Waals surface area contributed by atoms with Crippen molar-refractivity contribution < 1.29 is 21.6 Å². The second-order valence-corrected chi connectivity index (χ2v) is 10.5. The van der Waals surface area contributed by atoms with Crippen LogP contribution >= 0.6 is 11.6 Å². The van der Waals surface area contributed by atoms with Crippen molar-refractivity contribution in [3.63, 3.8) is 0 Å². The number of benzene rings is 3. The SMILES string of the molecule is CC(C)CNc1cc(NS(=O)(=O)c2cccc(-c3cccc(C(F)(F)F)c3)c2)cc2c(Cl)[nH]nc12. The fourth-order valence-corrected chi connectivity index (χ4v) is 4.80. The molecule has 0 radical (unpaired) electrons. The Labute approximate surface area is 205 Å². The Kier molecular flexibility index (Phi) is 6.70. The van der Waals surface area contributed by atoms with Crippen molar-refractivity contribution in [1.29, 1.82) is 0 Å². The Morgan fingerprint density at radius 2 is 1.71 bits per heavy atom. The Morgan fingerprint density at radius 1 is 1.03 bits per heavy atom. The Morgan fingerprint density at radius 3 is 2.40 bits per heavy atom. The highest BCUT2D eigenvalue weighted by atomic mass is 35.5. The maximum Gasteiger partial charge on any atom is 0.416 e. The lowest BCUT2D eigenvalue weighted by molar-refractivity contribution is -0.137. The highest BCUT2D eigenvalue weighted by Gasteiger charge is 2.30. The maximum atomic E-state index is 13.2. The van der Waals surface area contributed by atoms with E-state index in [1.54, 1.807) is 18.2 Å². The zero-order chi connectivity index (χ0) is 25.4. The van der Waals surface area contributed by atoms with E-state index >= 15 is 0 Å². The lowest BCUT2D eigenvalue weighted by Gasteiger charge is -2.14. The van der Waals surface area contributed by atoms with E-state index in [1.807, 2.05) is 13.8 Å². The average molecular weight is 523 g/mol. The molecule has 0 aliphatic rings. The van der Waals surface area contributed by atoms with Crippen LogP contribution in [0.1, 0.15) is 19.4 Å². The first-order valence-corrected chi connectivity index (χ1v) is 12.5. The van der Waals surface area contributed by atoms with Gasteiger partial charge < -0.3 is 5.32 Å². The number of aromatic amines is 1. The highest BCUT2D eigenvalue weighted by molar-refractivity contribution is 7.92. The lowest BCUT2D eigenvalue weighted by atomic mass is 10.0. The number of hydrogen-bond acceptors (Lipinski definition) is 4. The van der Waals surface area contributed by atoms with Crippen molar-refractivity contribution in [2.75, 3.05) is 16.6 Å². The molecular formula is C24H22ClF3N4O2S. The first kappa shape index (κ1) is 24.9. The number of aromatic nitrogens is 2. The molecule has 0 aliphatic heterocycles. The van der Waals surface area contributed by atoms with E-state index in [1.165, 1.54) is 30.3 Å². The first-order chi connectivity index (χ1) is 16.4. The van der Waals surface area contributed by atoms with Gasteiger partial charge in [0.05, 0.1) is 21.8 Å². The molecule has 0 bridgehead atoms. The lowest BCUT2D eigenvalue weighted by Crippen LogP contribution is -2.14. The minimum absolute atomic E-state index is 0.0949. The Bertz CT molecular complexity index is 1480. The molecule has 0 saturated carbocycles. The number of rotatable bonds is 7. The largest absolute Gasteiger partial charge is 0.416 e. The van der Waals surface area contributed by atoms with E-state index in [2.05, 4.69) is 20.2 Å². The molecule has 184 valence electrons. The van der Waals surface area contributed by atoms with E-state index in [0.29, 0.717) is 34.6 Å². The molecule has 0 aliphatic carbocycles. The summed E-state index contributed by atoms with van der Waals surface area (Å²) in [6, 6.07) is 13.7. The van der Waals surface area contributed by atoms with Gasteiger partial charge in [0.25, 0.3) is 10.0 Å². The fraction of sp³-hybridized carbons (Fsp3) is 0.208. The molecule has 35 heavy (non-hydrogen) atoms. The summed E-state index contributed by atoms with van der Waals surface area (Å²) in [5, 5.41) is 10.9. The summed E-state index contributed by atoms with van der Waals surface area (Å²) in [6.07, 6.45) is -4.50. The average Bonchev–Trinajstić information content (AvgIpc) is 3.17. The first-order valence-electron chi connectivity index (χ1n) is 10.7. The summed E-state index contributed by atoms with van der Waals surface area (Å²) in [4.78, 5) is -0.0949. The minimum Gasteiger partial charge on any atom is -0.383 e. The van der Waals surface area contributed by atoms with Crippen molar-refractivity contribution in [2.24, 2.45) is 5.92 Å². The minimum atomic E-state index is -4.50. The van der Waals surface area contributed by atoms with Gasteiger partial charge in [-0.25, -0.2) is 8.42 Å². The van der Waals surface area contributed by atoms with Crippen LogP contribution < -0.4 is 10.0 Å². The summed E-state index contributed by atoms with van der Waals surface area (Å²) in [5.74, 6) is 0.332. The molecule has 3 N–H and O–H groups in total. The smallest absolute Gasteiger partial charge is 0.383 e. The van der Waals surface area contributed by atoms with Crippen molar-refractivity contribution >= 4 is 43.9 Å². The van der Waals surface area contributed by atoms with Crippen LogP contribution in [-0.2, 0) is 16.2 Å². The van der Waals surface area contributed by atoms with Gasteiger partial charge in [0, 0.05) is 11.9 Å². The molecule has 0 amide bonds. The predicted octanol–water partition coefficient (Wildman–Crippen LogP) is 6.77. The van der Waals surface area contributed by atoms with Gasteiger partial charge in [-0.05, 0) is 53.4 Å². The highest BCUT2D eigenvalue weighted by Crippen LogP contribution is 2.34. The predicted molar refractivity (Wildman–Crippen MR) is 132 cm³/mol. The number of fused-ring (bicyclic) bond motifs is 1. The number of sulfonamides is 1. The molecule has 4 aromatic rings. The van der Waals surface area contributed by atoms with E-state index in [4.69, 9.17) is 11.6 Å². The summed E-state index contributed by atoms with van der Waals surface area (Å²) in [7, 11) is -4.07. The molecular weight excluding hydrogens is 501 g/mol. The molecule has 1 aromatic heterocycles. The number of nitrogens with one attached hydrogen (secondary N) is 3. The van der Waals surface area contributed by atoms with E-state index in [0.717, 1.165) is 12.1 Å². The van der Waals surface area contributed by atoms with Crippen molar-refractivity contribution in [2.45, 2.75) is 24.9 Å². The number of alkyl halides is 3. The maximum absolute atomic E-state index is 13.2. The van der Waals surface area contributed by atoms with Gasteiger partial charge in [0.1, 0.15) is 10.7 Å². The van der Waals surface area contributed by atoms with Gasteiger partial charge in [0.2, 0.25) is 0 Å². The molecule has 0 saturated heterocycles. The molecule has 6 nitrogen and oxygen atoms in total. The summed E-state index contributed by atoms with van der Waals surface area (Å²) in [6.45, 7) is 4.70. The molecule has 0 unspecified atom stereocenters. The number of H-pyrrole nitrogens is 1. The van der Waals surface area contributed by atoms with Crippen LogP contribution in [0.25, 0.3) is 22.0 Å². The van der Waals surface area contributed by atoms with Crippen molar-refractivity contribution in [3.05, 3.63) is 71.4 Å². The van der Waals surface area contributed by atoms with E-state index < -0.39 is 21.8 Å². The number of halogens is 4. The topological polar surface area (TPSA) is 86.9 Å². The van der Waals surface area contributed by atoms with Crippen LogP contribution in [0.3, 0.4) is 0 Å². The molecule has 0 spiro atoms. The van der Waals surface area contributed by atoms with Crippen molar-refractivity contribution in [3.8, 4) is 11.1 Å². The third kappa shape index (κ3) is 5.54. The summed E-state index contributed by atoms with van der Waals surface area (Å²) in [5.41, 5.74) is 1.22. The normalized spacial score (nSPS) is 12.3. The van der Waals surface area contributed by atoms with Crippen LogP contribution in [0.4, 0.5) is 24.5 Å². The zero-order valence-corrected chi connectivity index (χ0v) is 20.3. The quantitative estimate of drug-likeness (QED) is 0.250. The summed E-state index contributed by atoms with van der Waals surface area (Å²) < 4.78 is 68.2. The molecule has 1 heterocycles. The third-order valence-electron chi connectivity index (χ3n) is 5.23. The monoisotopic (exact) mass is 522 g/mol. The van der Waals surface area contributed by atoms with Crippen LogP contribution in [-0.4, -0.2) is 25.2 Å². The molecule has 0 atom stereocenters. The van der Waals surface area contributed by atoms with Crippen molar-refractivity contribution in [1.82, 2.24) is 10.2 Å². The van der Waals surface area contributed by atoms with Crippen LogP contribution in [0.5, 0.6) is 0 Å². The molecule has 4 rings (SSSR count). The van der Waals surface area contributed by atoms with Gasteiger partial charge in [-0.15, -0.1) is 0 Å². The number of anilines is 2. The van der Waals surface area contributed by atoms with Gasteiger partial charge in [-0.2, -0.15) is 18.3 Å². The summed E-state index contributed by atoms with van der Waals surface area (Å²) >= 11 is 6.20. The van der Waals surface area contributed by atoms with Crippen LogP contribution in [0.15, 0.2) is 65.6 Å². The second-order valence-electron chi connectivity index (χ2n) is 8.44. The van der Waals surface area contributed by atoms with E-state index in [-0.39, 0.29) is 21.3 Å². The van der Waals surface area contributed by atoms with Gasteiger partial charge in [-0.1, -0.05) is 49.7 Å². The standard InChI is InChI=1S/C24H22ClF3N4O2S/c1-14(2)13-29-21-12-18(11-20-22(21)30-31-23(20)25)32-35(33,34)19-8-4-6-16(10-19)15-5-3-7-17(9-15)24(26,27)28/h3-12,14,29,32H,13H2,1-2H3,(H,30,31). The number of hydrogen-bond donors (Lipinski definition) is 3. The van der Waals surface area contributed by atoms with Gasteiger partial charge in [0.15, 0.2) is 0 Å². The molecule has 11 heteroatoms.